The Morgan fingerprint density at radius 2 is 2.00 bits per heavy atom. The van der Waals surface area contributed by atoms with E-state index in [2.05, 4.69) is 33.4 Å². The van der Waals surface area contributed by atoms with Crippen molar-refractivity contribution >= 4 is 16.9 Å². The first-order valence-electron chi connectivity index (χ1n) is 8.90. The fourth-order valence-corrected chi connectivity index (χ4v) is 3.21. The number of pyridine rings is 2. The highest BCUT2D eigenvalue weighted by Crippen LogP contribution is 2.27. The van der Waals surface area contributed by atoms with Gasteiger partial charge < -0.3 is 5.32 Å². The number of nitrogens with zero attached hydrogens (tertiary/aromatic N) is 6. The molecule has 1 N–H and O–H groups in total. The van der Waals surface area contributed by atoms with E-state index >= 15 is 0 Å². The molecule has 0 unspecified atom stereocenters. The van der Waals surface area contributed by atoms with Gasteiger partial charge in [0.1, 0.15) is 11.5 Å². The van der Waals surface area contributed by atoms with Crippen LogP contribution in [-0.4, -0.2) is 35.8 Å². The molecule has 0 aromatic carbocycles. The maximum absolute atomic E-state index is 4.77. The lowest BCUT2D eigenvalue weighted by molar-refractivity contribution is 0.772. The molecular formula is C20H21N7. The van der Waals surface area contributed by atoms with Crippen molar-refractivity contribution < 1.29 is 0 Å². The molecular weight excluding hydrogens is 338 g/mol. The summed E-state index contributed by atoms with van der Waals surface area (Å²) in [7, 11) is 1.90. The second-order valence-corrected chi connectivity index (χ2v) is 6.63. The van der Waals surface area contributed by atoms with E-state index in [9.17, 15) is 0 Å². The summed E-state index contributed by atoms with van der Waals surface area (Å²) < 4.78 is 1.79. The number of hydrogen-bond acceptors (Lipinski definition) is 6. The lowest BCUT2D eigenvalue weighted by atomic mass is 10.1. The molecule has 0 spiro atoms. The van der Waals surface area contributed by atoms with E-state index in [1.165, 1.54) is 5.56 Å². The fourth-order valence-electron chi connectivity index (χ4n) is 3.21. The van der Waals surface area contributed by atoms with E-state index in [0.29, 0.717) is 5.82 Å². The number of nitrogens with one attached hydrogen (secondary N) is 1. The molecule has 4 aromatic rings. The molecule has 136 valence electrons. The molecule has 7 nitrogen and oxygen atoms in total. The van der Waals surface area contributed by atoms with Gasteiger partial charge in [0.05, 0.1) is 11.1 Å². The standard InChI is InChI=1S/C20H21N7/c1-13(11-15-7-6-9-21-12-15)23-19-17-14(2)26-27(3)20(17)25-18(24-19)16-8-4-5-10-22-16/h4-10,12-13H,11H2,1-3H3,(H,23,24,25)/t13-/m0/s1. The van der Waals surface area contributed by atoms with Crippen molar-refractivity contribution in [3.8, 4) is 11.5 Å². The zero-order valence-corrected chi connectivity index (χ0v) is 15.6. The van der Waals surface area contributed by atoms with Crippen molar-refractivity contribution in [1.29, 1.82) is 0 Å². The first-order valence-corrected chi connectivity index (χ1v) is 8.90. The van der Waals surface area contributed by atoms with Gasteiger partial charge in [-0.2, -0.15) is 5.10 Å². The predicted molar refractivity (Wildman–Crippen MR) is 105 cm³/mol. The maximum atomic E-state index is 4.77. The van der Waals surface area contributed by atoms with Gasteiger partial charge in [0.2, 0.25) is 0 Å². The second kappa shape index (κ2) is 7.11. The molecule has 4 rings (SSSR count). The average Bonchev–Trinajstić information content (AvgIpc) is 2.97. The zero-order chi connectivity index (χ0) is 18.8. The third kappa shape index (κ3) is 3.48. The van der Waals surface area contributed by atoms with Crippen molar-refractivity contribution in [2.45, 2.75) is 26.3 Å². The van der Waals surface area contributed by atoms with Crippen LogP contribution in [0.4, 0.5) is 5.82 Å². The Kier molecular flexibility index (Phi) is 4.50. The highest BCUT2D eigenvalue weighted by atomic mass is 15.3. The molecule has 27 heavy (non-hydrogen) atoms. The Bertz CT molecular complexity index is 1060. The predicted octanol–water partition coefficient (Wildman–Crippen LogP) is 3.17. The van der Waals surface area contributed by atoms with Crippen molar-refractivity contribution in [3.05, 3.63) is 60.2 Å². The van der Waals surface area contributed by atoms with Crippen LogP contribution in [0.5, 0.6) is 0 Å². The van der Waals surface area contributed by atoms with Gasteiger partial charge in [0, 0.05) is 31.7 Å². The Morgan fingerprint density at radius 3 is 2.74 bits per heavy atom. The summed E-state index contributed by atoms with van der Waals surface area (Å²) in [5.74, 6) is 1.37. The summed E-state index contributed by atoms with van der Waals surface area (Å²) in [6, 6.07) is 9.93. The van der Waals surface area contributed by atoms with Crippen molar-refractivity contribution in [3.63, 3.8) is 0 Å². The number of aryl methyl sites for hydroxylation is 2. The monoisotopic (exact) mass is 359 g/mol. The Labute approximate surface area is 157 Å². The highest BCUT2D eigenvalue weighted by molar-refractivity contribution is 5.90. The smallest absolute Gasteiger partial charge is 0.182 e. The van der Waals surface area contributed by atoms with Crippen LogP contribution < -0.4 is 5.32 Å². The molecule has 0 aliphatic carbocycles. The zero-order valence-electron chi connectivity index (χ0n) is 15.6. The normalized spacial score (nSPS) is 12.3. The number of fused-ring (bicyclic) bond motifs is 1. The van der Waals surface area contributed by atoms with Gasteiger partial charge >= 0.3 is 0 Å². The van der Waals surface area contributed by atoms with Crippen LogP contribution in [-0.2, 0) is 13.5 Å². The van der Waals surface area contributed by atoms with Gasteiger partial charge in [-0.05, 0) is 44.0 Å². The summed E-state index contributed by atoms with van der Waals surface area (Å²) in [5, 5.41) is 9.00. The van der Waals surface area contributed by atoms with Crippen molar-refractivity contribution in [1.82, 2.24) is 29.7 Å². The number of hydrogen-bond donors (Lipinski definition) is 1. The van der Waals surface area contributed by atoms with Crippen LogP contribution in [0, 0.1) is 6.92 Å². The van der Waals surface area contributed by atoms with Gasteiger partial charge in [-0.25, -0.2) is 9.97 Å². The first kappa shape index (κ1) is 17.1. The Balaban J connectivity index is 1.74. The molecule has 0 bridgehead atoms. The molecule has 0 fully saturated rings. The summed E-state index contributed by atoms with van der Waals surface area (Å²) in [4.78, 5) is 18.0. The molecule has 1 atom stereocenters. The SMILES string of the molecule is Cc1nn(C)c2nc(-c3ccccn3)nc(N[C@@H](C)Cc3cccnc3)c12. The summed E-state index contributed by atoms with van der Waals surface area (Å²) >= 11 is 0. The van der Waals surface area contributed by atoms with Crippen molar-refractivity contribution in [2.75, 3.05) is 5.32 Å². The van der Waals surface area contributed by atoms with Gasteiger partial charge in [0.15, 0.2) is 11.5 Å². The summed E-state index contributed by atoms with van der Waals surface area (Å²) in [6.07, 6.45) is 6.27. The fraction of sp³-hybridized carbons (Fsp3) is 0.250. The molecule has 0 aliphatic heterocycles. The van der Waals surface area contributed by atoms with Crippen LogP contribution in [0.1, 0.15) is 18.2 Å². The van der Waals surface area contributed by atoms with Crippen LogP contribution in [0.3, 0.4) is 0 Å². The molecule has 0 aliphatic rings. The van der Waals surface area contributed by atoms with E-state index in [1.54, 1.807) is 17.1 Å². The minimum Gasteiger partial charge on any atom is -0.367 e. The largest absolute Gasteiger partial charge is 0.367 e. The van der Waals surface area contributed by atoms with E-state index < -0.39 is 0 Å². The number of aromatic nitrogens is 6. The average molecular weight is 359 g/mol. The molecule has 0 saturated heterocycles. The van der Waals surface area contributed by atoms with Crippen molar-refractivity contribution in [2.24, 2.45) is 7.05 Å². The molecule has 0 radical (unpaired) electrons. The lowest BCUT2D eigenvalue weighted by Crippen LogP contribution is -2.19. The van der Waals surface area contributed by atoms with E-state index in [1.807, 2.05) is 44.4 Å². The molecule has 7 heteroatoms. The van der Waals surface area contributed by atoms with Crippen LogP contribution in [0.25, 0.3) is 22.6 Å². The minimum atomic E-state index is 0.170. The van der Waals surface area contributed by atoms with Gasteiger partial charge in [0.25, 0.3) is 0 Å². The van der Waals surface area contributed by atoms with Gasteiger partial charge in [-0.1, -0.05) is 12.1 Å². The topological polar surface area (TPSA) is 81.4 Å². The third-order valence-corrected chi connectivity index (χ3v) is 4.40. The Morgan fingerprint density at radius 1 is 1.11 bits per heavy atom. The molecule has 4 heterocycles. The van der Waals surface area contributed by atoms with E-state index in [-0.39, 0.29) is 6.04 Å². The minimum absolute atomic E-state index is 0.170. The number of rotatable bonds is 5. The highest BCUT2D eigenvalue weighted by Gasteiger charge is 2.18. The quantitative estimate of drug-likeness (QED) is 0.589. The van der Waals surface area contributed by atoms with Gasteiger partial charge in [-0.3, -0.25) is 14.6 Å². The summed E-state index contributed by atoms with van der Waals surface area (Å²) in [6.45, 7) is 4.11. The maximum Gasteiger partial charge on any atom is 0.182 e. The molecule has 0 amide bonds. The van der Waals surface area contributed by atoms with Gasteiger partial charge in [-0.15, -0.1) is 0 Å². The van der Waals surface area contributed by atoms with Crippen LogP contribution in [0.15, 0.2) is 48.9 Å². The van der Waals surface area contributed by atoms with E-state index in [4.69, 9.17) is 9.97 Å². The Hall–Kier alpha value is -3.35. The molecule has 4 aromatic heterocycles. The van der Waals surface area contributed by atoms with Crippen LogP contribution in [0.2, 0.25) is 0 Å². The van der Waals surface area contributed by atoms with E-state index in [0.717, 1.165) is 34.7 Å². The number of anilines is 1. The first-order chi connectivity index (χ1) is 13.1. The summed E-state index contributed by atoms with van der Waals surface area (Å²) in [5.41, 5.74) is 3.60. The third-order valence-electron chi connectivity index (χ3n) is 4.40. The second-order valence-electron chi connectivity index (χ2n) is 6.63. The lowest BCUT2D eigenvalue weighted by Gasteiger charge is -2.16. The molecule has 0 saturated carbocycles. The van der Waals surface area contributed by atoms with Crippen LogP contribution >= 0.6 is 0 Å².